The number of sulfonamides is 1. The van der Waals surface area contributed by atoms with E-state index in [4.69, 9.17) is 34.8 Å². The zero-order chi connectivity index (χ0) is 20.5. The third-order valence-corrected chi connectivity index (χ3v) is 6.62. The largest absolute Gasteiger partial charge is 0.330 e. The van der Waals surface area contributed by atoms with Crippen LogP contribution in [0.4, 0.5) is 0 Å². The number of aromatic nitrogens is 2. The van der Waals surface area contributed by atoms with Crippen LogP contribution in [-0.2, 0) is 16.6 Å². The van der Waals surface area contributed by atoms with Gasteiger partial charge in [-0.3, -0.25) is 4.79 Å². The zero-order valence-corrected chi connectivity index (χ0v) is 17.6. The topological polar surface area (TPSA) is 81.1 Å². The molecule has 3 rings (SSSR count). The molecule has 10 heteroatoms. The van der Waals surface area contributed by atoms with E-state index in [1.54, 1.807) is 41.8 Å². The number of nitrogens with zero attached hydrogens (tertiary/aromatic N) is 2. The van der Waals surface area contributed by atoms with E-state index >= 15 is 0 Å². The van der Waals surface area contributed by atoms with Crippen LogP contribution in [0.2, 0.25) is 15.1 Å². The van der Waals surface area contributed by atoms with Gasteiger partial charge in [-0.25, -0.2) is 18.1 Å². The minimum atomic E-state index is -3.99. The van der Waals surface area contributed by atoms with E-state index in [2.05, 4.69) is 4.98 Å². The lowest BCUT2D eigenvalue weighted by Gasteiger charge is -2.09. The van der Waals surface area contributed by atoms with Crippen LogP contribution in [0.15, 0.2) is 53.6 Å². The van der Waals surface area contributed by atoms with Crippen molar-refractivity contribution in [3.05, 3.63) is 80.8 Å². The van der Waals surface area contributed by atoms with Crippen molar-refractivity contribution in [2.45, 2.75) is 18.4 Å². The number of benzene rings is 2. The molecular weight excluding hydrogens is 445 g/mol. The van der Waals surface area contributed by atoms with Crippen molar-refractivity contribution in [3.8, 4) is 0 Å². The number of carbonyl (C=O) groups excluding carboxylic acids is 1. The first-order chi connectivity index (χ1) is 13.2. The molecular formula is C18H14Cl3N3O3S. The Morgan fingerprint density at radius 1 is 1.07 bits per heavy atom. The number of aryl methyl sites for hydroxylation is 1. The van der Waals surface area contributed by atoms with E-state index in [-0.39, 0.29) is 22.2 Å². The van der Waals surface area contributed by atoms with Crippen molar-refractivity contribution in [1.82, 2.24) is 14.3 Å². The van der Waals surface area contributed by atoms with Crippen LogP contribution in [0.5, 0.6) is 0 Å². The van der Waals surface area contributed by atoms with Gasteiger partial charge in [-0.15, -0.1) is 0 Å². The highest BCUT2D eigenvalue weighted by atomic mass is 35.5. The van der Waals surface area contributed by atoms with E-state index in [0.717, 1.165) is 0 Å². The predicted molar refractivity (Wildman–Crippen MR) is 109 cm³/mol. The van der Waals surface area contributed by atoms with Crippen LogP contribution in [0.25, 0.3) is 0 Å². The summed E-state index contributed by atoms with van der Waals surface area (Å²) < 4.78 is 28.3. The van der Waals surface area contributed by atoms with Crippen molar-refractivity contribution in [1.29, 1.82) is 0 Å². The molecule has 0 fully saturated rings. The molecule has 1 amide bonds. The Morgan fingerprint density at radius 2 is 1.75 bits per heavy atom. The van der Waals surface area contributed by atoms with Gasteiger partial charge in [-0.1, -0.05) is 59.1 Å². The van der Waals surface area contributed by atoms with Crippen LogP contribution >= 0.6 is 34.8 Å². The van der Waals surface area contributed by atoms with Gasteiger partial charge in [0, 0.05) is 6.20 Å². The molecule has 0 aliphatic rings. The highest BCUT2D eigenvalue weighted by Gasteiger charge is 2.21. The van der Waals surface area contributed by atoms with Crippen molar-refractivity contribution < 1.29 is 13.2 Å². The number of imidazole rings is 1. The number of nitrogens with one attached hydrogen (secondary N) is 1. The molecule has 0 aliphatic heterocycles. The van der Waals surface area contributed by atoms with Gasteiger partial charge in [-0.2, -0.15) is 0 Å². The molecule has 0 radical (unpaired) electrons. The molecule has 0 spiro atoms. The summed E-state index contributed by atoms with van der Waals surface area (Å²) in [6.45, 7) is 1.97. The van der Waals surface area contributed by atoms with E-state index < -0.39 is 15.9 Å². The molecule has 146 valence electrons. The van der Waals surface area contributed by atoms with E-state index in [1.165, 1.54) is 18.3 Å². The molecule has 0 unspecified atom stereocenters. The third-order valence-electron chi connectivity index (χ3n) is 3.95. The zero-order valence-electron chi connectivity index (χ0n) is 14.5. The first-order valence-electron chi connectivity index (χ1n) is 7.97. The molecule has 3 aromatic rings. The Labute approximate surface area is 177 Å². The SMILES string of the molecule is Cc1nc(C(=O)NS(=O)(=O)c2ccccc2)cn1Cc1ccc(Cl)c(Cl)c1Cl. The maximum atomic E-state index is 12.4. The Balaban J connectivity index is 1.82. The molecule has 1 aromatic heterocycles. The van der Waals surface area contributed by atoms with Crippen molar-refractivity contribution >= 4 is 50.7 Å². The molecule has 1 N–H and O–H groups in total. The second kappa shape index (κ2) is 8.13. The Bertz CT molecular complexity index is 1150. The van der Waals surface area contributed by atoms with Crippen LogP contribution in [0.3, 0.4) is 0 Å². The second-order valence-electron chi connectivity index (χ2n) is 5.88. The summed E-state index contributed by atoms with van der Waals surface area (Å²) in [6.07, 6.45) is 1.45. The van der Waals surface area contributed by atoms with Gasteiger partial charge in [0.25, 0.3) is 15.9 Å². The average molecular weight is 459 g/mol. The minimum Gasteiger partial charge on any atom is -0.330 e. The van der Waals surface area contributed by atoms with Gasteiger partial charge < -0.3 is 4.57 Å². The maximum absolute atomic E-state index is 12.4. The van der Waals surface area contributed by atoms with E-state index in [1.807, 2.05) is 4.72 Å². The highest BCUT2D eigenvalue weighted by molar-refractivity contribution is 7.90. The Morgan fingerprint density at radius 3 is 2.43 bits per heavy atom. The predicted octanol–water partition coefficient (Wildman–Crippen LogP) is 4.32. The van der Waals surface area contributed by atoms with Crippen LogP contribution < -0.4 is 4.72 Å². The second-order valence-corrected chi connectivity index (χ2v) is 8.73. The molecule has 0 saturated carbocycles. The fourth-order valence-corrected chi connectivity index (χ4v) is 4.08. The third kappa shape index (κ3) is 4.33. The quantitative estimate of drug-likeness (QED) is 0.577. The summed E-state index contributed by atoms with van der Waals surface area (Å²) >= 11 is 18.2. The van der Waals surface area contributed by atoms with Crippen LogP contribution in [-0.4, -0.2) is 23.9 Å². The fourth-order valence-electron chi connectivity index (χ4n) is 2.48. The summed E-state index contributed by atoms with van der Waals surface area (Å²) in [6, 6.07) is 10.9. The van der Waals surface area contributed by atoms with Gasteiger partial charge in [-0.05, 0) is 30.7 Å². The highest BCUT2D eigenvalue weighted by Crippen LogP contribution is 2.33. The summed E-state index contributed by atoms with van der Waals surface area (Å²) in [4.78, 5) is 16.5. The molecule has 1 heterocycles. The molecule has 2 aromatic carbocycles. The first-order valence-corrected chi connectivity index (χ1v) is 10.6. The minimum absolute atomic E-state index is 0.0120. The molecule has 0 aliphatic carbocycles. The van der Waals surface area contributed by atoms with Crippen LogP contribution in [0.1, 0.15) is 21.9 Å². The van der Waals surface area contributed by atoms with Gasteiger partial charge in [0.1, 0.15) is 11.5 Å². The lowest BCUT2D eigenvalue weighted by Crippen LogP contribution is -2.30. The molecule has 0 bridgehead atoms. The Hall–Kier alpha value is -2.06. The number of hydrogen-bond acceptors (Lipinski definition) is 4. The first kappa shape index (κ1) is 20.7. The maximum Gasteiger partial charge on any atom is 0.285 e. The summed E-state index contributed by atoms with van der Waals surface area (Å²) in [5, 5.41) is 0.884. The van der Waals surface area contributed by atoms with Gasteiger partial charge in [0.2, 0.25) is 0 Å². The van der Waals surface area contributed by atoms with Crippen molar-refractivity contribution in [3.63, 3.8) is 0 Å². The summed E-state index contributed by atoms with van der Waals surface area (Å²) in [5.41, 5.74) is 0.647. The number of hydrogen-bond donors (Lipinski definition) is 1. The van der Waals surface area contributed by atoms with Crippen molar-refractivity contribution in [2.75, 3.05) is 0 Å². The Kier molecular flexibility index (Phi) is 6.00. The fraction of sp³-hybridized carbons (Fsp3) is 0.111. The van der Waals surface area contributed by atoms with Crippen molar-refractivity contribution in [2.24, 2.45) is 0 Å². The van der Waals surface area contributed by atoms with Gasteiger partial charge in [0.15, 0.2) is 0 Å². The molecule has 0 atom stereocenters. The molecule has 28 heavy (non-hydrogen) atoms. The van der Waals surface area contributed by atoms with Crippen LogP contribution in [0, 0.1) is 6.92 Å². The summed E-state index contributed by atoms with van der Waals surface area (Å²) in [5.74, 6) is -0.324. The summed E-state index contributed by atoms with van der Waals surface area (Å²) in [7, 11) is -3.99. The molecule has 6 nitrogen and oxygen atoms in total. The number of rotatable bonds is 5. The van der Waals surface area contributed by atoms with E-state index in [9.17, 15) is 13.2 Å². The smallest absolute Gasteiger partial charge is 0.285 e. The lowest BCUT2D eigenvalue weighted by atomic mass is 10.2. The number of halogens is 3. The normalized spacial score (nSPS) is 11.4. The molecule has 0 saturated heterocycles. The van der Waals surface area contributed by atoms with Gasteiger partial charge >= 0.3 is 0 Å². The standard InChI is InChI=1S/C18H14Cl3N3O3S/c1-11-22-15(18(25)23-28(26,27)13-5-3-2-4-6-13)10-24(11)9-12-7-8-14(19)17(21)16(12)20/h2-8,10H,9H2,1H3,(H,23,25). The average Bonchev–Trinajstić information content (AvgIpc) is 3.03. The lowest BCUT2D eigenvalue weighted by molar-refractivity contribution is 0.0977. The van der Waals surface area contributed by atoms with Gasteiger partial charge in [0.05, 0.1) is 26.5 Å². The number of carbonyl (C=O) groups is 1. The monoisotopic (exact) mass is 457 g/mol. The van der Waals surface area contributed by atoms with E-state index in [0.29, 0.717) is 21.4 Å². The number of amides is 1.